The van der Waals surface area contributed by atoms with Crippen LogP contribution in [0.2, 0.25) is 0 Å². The molecule has 2 aromatic heterocycles. The van der Waals surface area contributed by atoms with Gasteiger partial charge in [0, 0.05) is 6.54 Å². The predicted molar refractivity (Wildman–Crippen MR) is 120 cm³/mol. The molecule has 0 fully saturated rings. The van der Waals surface area contributed by atoms with E-state index in [0.717, 1.165) is 6.07 Å². The first-order valence-corrected chi connectivity index (χ1v) is 11.8. The molecule has 2 aliphatic heterocycles. The van der Waals surface area contributed by atoms with Gasteiger partial charge in [-0.15, -0.1) is 0 Å². The van der Waals surface area contributed by atoms with Crippen LogP contribution in [0.25, 0.3) is 0 Å². The van der Waals surface area contributed by atoms with Gasteiger partial charge in [0.25, 0.3) is 5.91 Å². The van der Waals surface area contributed by atoms with E-state index in [9.17, 15) is 13.4 Å². The Kier molecular flexibility index (Phi) is 5.59. The summed E-state index contributed by atoms with van der Waals surface area (Å²) >= 11 is 0. The summed E-state index contributed by atoms with van der Waals surface area (Å²) < 4.78 is 49.2. The van der Waals surface area contributed by atoms with Crippen molar-refractivity contribution in [1.82, 2.24) is 9.97 Å². The molecule has 3 N–H and O–H groups in total. The standard InChI is InChI=1S/C21H24F2N6O3S/c1-20(2)19(24)29-21(3,15-8-9-26-33(15,20)31)17-13(23)5-7-16(27-17)28-18(30)14-6-4-12(10-25-14)32-11-22/h4-7,10,15H,8-9,11H2,1-3H3,(H2,24,29)(H,27,28,30)/t15-,21-,33+/m0/s1. The number of pyridine rings is 2. The molecule has 0 bridgehead atoms. The molecule has 0 saturated heterocycles. The van der Waals surface area contributed by atoms with E-state index >= 15 is 4.39 Å². The lowest BCUT2D eigenvalue weighted by molar-refractivity contribution is 0.102. The number of hydrogen-bond donors (Lipinski definition) is 2. The molecule has 0 saturated carbocycles. The quantitative estimate of drug-likeness (QED) is 0.679. The summed E-state index contributed by atoms with van der Waals surface area (Å²) in [5.41, 5.74) is 4.82. The molecule has 0 radical (unpaired) electrons. The van der Waals surface area contributed by atoms with Crippen LogP contribution in [0.3, 0.4) is 0 Å². The number of alkyl halides is 1. The van der Waals surface area contributed by atoms with Crippen molar-refractivity contribution < 1.29 is 22.5 Å². The number of aliphatic imine (C=N–C) groups is 1. The number of nitrogens with one attached hydrogen (secondary N) is 1. The van der Waals surface area contributed by atoms with Gasteiger partial charge in [0.05, 0.1) is 21.2 Å². The molecule has 0 aromatic carbocycles. The van der Waals surface area contributed by atoms with Crippen molar-refractivity contribution >= 4 is 27.3 Å². The number of hydrogen-bond acceptors (Lipinski definition) is 8. The summed E-state index contributed by atoms with van der Waals surface area (Å²) in [6.07, 6.45) is 1.66. The highest BCUT2D eigenvalue weighted by Crippen LogP contribution is 2.47. The van der Waals surface area contributed by atoms with Gasteiger partial charge in [-0.1, -0.05) is 0 Å². The van der Waals surface area contributed by atoms with Crippen molar-refractivity contribution in [3.05, 3.63) is 47.7 Å². The molecule has 12 heteroatoms. The molecule has 176 valence electrons. The summed E-state index contributed by atoms with van der Waals surface area (Å²) in [7, 11) is -2.86. The zero-order chi connectivity index (χ0) is 24.0. The SMILES string of the molecule is CC1(C)C(N)=N[C@](C)(c2nc(NC(=O)c3ccc(OCF)cn3)ccc2F)[C@@H]2CCN=[S@@]21=O. The summed E-state index contributed by atoms with van der Waals surface area (Å²) in [5, 5.41) is 1.97. The van der Waals surface area contributed by atoms with Crippen LogP contribution in [-0.4, -0.2) is 49.3 Å². The van der Waals surface area contributed by atoms with Gasteiger partial charge in [0.1, 0.15) is 44.9 Å². The van der Waals surface area contributed by atoms with Crippen molar-refractivity contribution in [3.8, 4) is 5.75 Å². The molecule has 1 amide bonds. The van der Waals surface area contributed by atoms with E-state index in [-0.39, 0.29) is 28.8 Å². The largest absolute Gasteiger partial charge is 0.461 e. The van der Waals surface area contributed by atoms with E-state index in [0.29, 0.717) is 13.0 Å². The summed E-state index contributed by atoms with van der Waals surface area (Å²) in [6.45, 7) is 4.44. The highest BCUT2D eigenvalue weighted by Gasteiger charge is 2.57. The van der Waals surface area contributed by atoms with Crippen LogP contribution in [0.5, 0.6) is 5.75 Å². The fourth-order valence-electron chi connectivity index (χ4n) is 4.19. The number of rotatable bonds is 5. The molecule has 4 rings (SSSR count). The minimum Gasteiger partial charge on any atom is -0.461 e. The topological polar surface area (TPSA) is 132 Å². The van der Waals surface area contributed by atoms with Gasteiger partial charge < -0.3 is 15.8 Å². The number of amides is 1. The first kappa shape index (κ1) is 23.0. The van der Waals surface area contributed by atoms with Crippen LogP contribution in [-0.2, 0) is 15.3 Å². The Balaban J connectivity index is 1.69. The molecule has 0 aliphatic carbocycles. The molecule has 33 heavy (non-hydrogen) atoms. The van der Waals surface area contributed by atoms with E-state index < -0.39 is 43.8 Å². The van der Waals surface area contributed by atoms with Gasteiger partial charge in [0.15, 0.2) is 0 Å². The van der Waals surface area contributed by atoms with Crippen molar-refractivity contribution in [2.45, 2.75) is 42.7 Å². The number of anilines is 1. The highest BCUT2D eigenvalue weighted by molar-refractivity contribution is 7.96. The number of ether oxygens (including phenoxy) is 1. The molecular weight excluding hydrogens is 454 g/mol. The third kappa shape index (κ3) is 3.62. The maximum atomic E-state index is 15.0. The number of carbonyl (C=O) groups is 1. The number of fused-ring (bicyclic) bond motifs is 1. The fraction of sp³-hybridized carbons (Fsp3) is 0.429. The number of halogens is 2. The number of amidine groups is 1. The molecule has 2 aromatic rings. The van der Waals surface area contributed by atoms with Gasteiger partial charge in [-0.2, -0.15) is 0 Å². The second-order valence-corrected chi connectivity index (χ2v) is 11.5. The monoisotopic (exact) mass is 478 g/mol. The first-order valence-electron chi connectivity index (χ1n) is 10.2. The molecule has 0 unspecified atom stereocenters. The van der Waals surface area contributed by atoms with Gasteiger partial charge in [-0.3, -0.25) is 9.79 Å². The summed E-state index contributed by atoms with van der Waals surface area (Å²) in [6, 6.07) is 5.22. The smallest absolute Gasteiger partial charge is 0.275 e. The van der Waals surface area contributed by atoms with E-state index in [2.05, 4.69) is 29.4 Å². The van der Waals surface area contributed by atoms with E-state index in [1.165, 1.54) is 24.4 Å². The second-order valence-electron chi connectivity index (χ2n) is 8.47. The predicted octanol–water partition coefficient (Wildman–Crippen LogP) is 2.78. The number of carbonyl (C=O) groups excluding carboxylic acids is 1. The Bertz CT molecular complexity index is 1260. The third-order valence-electron chi connectivity index (χ3n) is 6.14. The molecule has 2 aliphatic rings. The van der Waals surface area contributed by atoms with Crippen molar-refractivity contribution in [1.29, 1.82) is 0 Å². The van der Waals surface area contributed by atoms with Gasteiger partial charge in [-0.25, -0.2) is 27.3 Å². The molecule has 3 atom stereocenters. The Morgan fingerprint density at radius 2 is 2.06 bits per heavy atom. The lowest BCUT2D eigenvalue weighted by Gasteiger charge is -2.44. The van der Waals surface area contributed by atoms with E-state index in [1.54, 1.807) is 20.8 Å². The van der Waals surface area contributed by atoms with Crippen LogP contribution in [0.1, 0.15) is 43.4 Å². The van der Waals surface area contributed by atoms with Crippen LogP contribution >= 0.6 is 0 Å². The van der Waals surface area contributed by atoms with Crippen LogP contribution in [0.4, 0.5) is 14.6 Å². The Morgan fingerprint density at radius 3 is 2.73 bits per heavy atom. The maximum Gasteiger partial charge on any atom is 0.275 e. The Labute approximate surface area is 190 Å². The maximum absolute atomic E-state index is 15.0. The second kappa shape index (κ2) is 8.01. The lowest BCUT2D eigenvalue weighted by atomic mass is 9.89. The molecule has 0 spiro atoms. The third-order valence-corrected chi connectivity index (χ3v) is 9.85. The minimum absolute atomic E-state index is 0.0272. The van der Waals surface area contributed by atoms with Gasteiger partial charge >= 0.3 is 0 Å². The Morgan fingerprint density at radius 1 is 1.30 bits per heavy atom. The Hall–Kier alpha value is -3.15. The van der Waals surface area contributed by atoms with E-state index in [4.69, 9.17) is 5.73 Å². The van der Waals surface area contributed by atoms with E-state index in [1.807, 2.05) is 0 Å². The van der Waals surface area contributed by atoms with Gasteiger partial charge in [-0.05, 0) is 51.5 Å². The van der Waals surface area contributed by atoms with Crippen molar-refractivity contribution in [2.24, 2.45) is 15.1 Å². The normalized spacial score (nSPS) is 27.8. The van der Waals surface area contributed by atoms with Crippen LogP contribution in [0, 0.1) is 5.82 Å². The zero-order valence-electron chi connectivity index (χ0n) is 18.3. The molecule has 9 nitrogen and oxygen atoms in total. The number of aromatic nitrogens is 2. The average Bonchev–Trinajstić information content (AvgIpc) is 3.19. The number of nitrogens with two attached hydrogens (primary N) is 1. The first-order chi connectivity index (χ1) is 15.5. The van der Waals surface area contributed by atoms with Crippen LogP contribution < -0.4 is 15.8 Å². The fourth-order valence-corrected chi connectivity index (χ4v) is 7.33. The molecule has 4 heterocycles. The number of nitrogens with zero attached hydrogens (tertiary/aromatic N) is 4. The zero-order valence-corrected chi connectivity index (χ0v) is 19.2. The minimum atomic E-state index is -2.86. The van der Waals surface area contributed by atoms with Crippen LogP contribution in [0.15, 0.2) is 39.8 Å². The summed E-state index contributed by atoms with van der Waals surface area (Å²) in [4.78, 5) is 25.4. The lowest BCUT2D eigenvalue weighted by Crippen LogP contribution is -2.58. The van der Waals surface area contributed by atoms with Gasteiger partial charge in [0.2, 0.25) is 6.86 Å². The molecular formula is C21H24F2N6O3S. The highest BCUT2D eigenvalue weighted by atomic mass is 32.2. The van der Waals surface area contributed by atoms with Crippen molar-refractivity contribution in [2.75, 3.05) is 18.7 Å². The summed E-state index contributed by atoms with van der Waals surface area (Å²) in [5.74, 6) is -0.919. The van der Waals surface area contributed by atoms with Crippen molar-refractivity contribution in [3.63, 3.8) is 0 Å². The average molecular weight is 479 g/mol.